The van der Waals surface area contributed by atoms with Crippen LogP contribution in [0.1, 0.15) is 37.7 Å². The number of anilines is 1. The van der Waals surface area contributed by atoms with E-state index in [2.05, 4.69) is 73.4 Å². The van der Waals surface area contributed by atoms with E-state index in [0.29, 0.717) is 0 Å². The molecule has 0 unspecified atom stereocenters. The number of hydrogen-bond donors (Lipinski definition) is 1. The van der Waals surface area contributed by atoms with E-state index in [0.717, 1.165) is 45.8 Å². The van der Waals surface area contributed by atoms with Crippen LogP contribution in [0.3, 0.4) is 0 Å². The van der Waals surface area contributed by atoms with Crippen molar-refractivity contribution in [1.29, 1.82) is 0 Å². The van der Waals surface area contributed by atoms with Gasteiger partial charge in [-0.1, -0.05) is 91.3 Å². The van der Waals surface area contributed by atoms with Crippen molar-refractivity contribution < 1.29 is 10.1 Å². The zero-order chi connectivity index (χ0) is 25.7. The van der Waals surface area contributed by atoms with Gasteiger partial charge in [0.2, 0.25) is 0 Å². The summed E-state index contributed by atoms with van der Waals surface area (Å²) in [7, 11) is 0. The summed E-state index contributed by atoms with van der Waals surface area (Å²) in [6.45, 7) is 4.79. The monoisotopic (exact) mass is 526 g/mol. The fourth-order valence-corrected chi connectivity index (χ4v) is 6.59. The highest BCUT2D eigenvalue weighted by Gasteiger charge is 2.25. The Morgan fingerprint density at radius 3 is 1.79 bits per heavy atom. The van der Waals surface area contributed by atoms with Crippen molar-refractivity contribution in [2.24, 2.45) is 0 Å². The molecule has 2 heterocycles. The van der Waals surface area contributed by atoms with Crippen LogP contribution in [0.2, 0.25) is 0 Å². The molecule has 38 heavy (non-hydrogen) atoms. The number of rotatable bonds is 7. The first kappa shape index (κ1) is 25.2. The highest BCUT2D eigenvalue weighted by molar-refractivity contribution is 7.17. The molecule has 1 aromatic heterocycles. The van der Waals surface area contributed by atoms with Crippen molar-refractivity contribution in [2.45, 2.75) is 44.8 Å². The maximum absolute atomic E-state index is 8.62. The normalized spacial score (nSPS) is 17.1. The van der Waals surface area contributed by atoms with Gasteiger partial charge >= 0.3 is 0 Å². The predicted octanol–water partition coefficient (Wildman–Crippen LogP) is 6.98. The van der Waals surface area contributed by atoms with Gasteiger partial charge in [0.25, 0.3) is 0 Å². The number of nitrogens with zero attached hydrogens (tertiary/aromatic N) is 4. The standard InChI is InChI=1S/C31H34N4O2S/c36-37-22-23-6-8-26(9-7-23)30-32-33-31(38-30)27-12-10-24(11-13-27)25-14-16-29(17-15-25)35-20-18-34(19-21-35)28-4-2-1-3-5-28/h6-17,28,36H,1-5,18-22H2. The maximum Gasteiger partial charge on any atom is 0.148 e. The maximum atomic E-state index is 8.62. The first-order valence-electron chi connectivity index (χ1n) is 13.7. The second-order valence-corrected chi connectivity index (χ2v) is 11.3. The quantitative estimate of drug-likeness (QED) is 0.207. The molecule has 1 aliphatic carbocycles. The largest absolute Gasteiger partial charge is 0.369 e. The molecule has 1 N–H and O–H groups in total. The second-order valence-electron chi connectivity index (χ2n) is 10.3. The summed E-state index contributed by atoms with van der Waals surface area (Å²) in [5.74, 6) is 0. The molecule has 3 aromatic carbocycles. The molecule has 1 saturated heterocycles. The Hall–Kier alpha value is -3.10. The molecule has 0 amide bonds. The molecule has 7 heteroatoms. The van der Waals surface area contributed by atoms with Crippen LogP contribution in [0.15, 0.2) is 72.8 Å². The first-order chi connectivity index (χ1) is 18.8. The van der Waals surface area contributed by atoms with E-state index < -0.39 is 0 Å². The molecular formula is C31H34N4O2S. The Morgan fingerprint density at radius 1 is 0.684 bits per heavy atom. The lowest BCUT2D eigenvalue weighted by Gasteiger charge is -2.41. The molecular weight excluding hydrogens is 492 g/mol. The molecule has 1 saturated carbocycles. The van der Waals surface area contributed by atoms with Crippen LogP contribution in [0.25, 0.3) is 32.3 Å². The summed E-state index contributed by atoms with van der Waals surface area (Å²) in [4.78, 5) is 9.47. The number of hydrogen-bond acceptors (Lipinski definition) is 7. The highest BCUT2D eigenvalue weighted by atomic mass is 32.1. The van der Waals surface area contributed by atoms with Crippen LogP contribution >= 0.6 is 11.3 Å². The van der Waals surface area contributed by atoms with Crippen molar-refractivity contribution in [1.82, 2.24) is 15.1 Å². The summed E-state index contributed by atoms with van der Waals surface area (Å²) in [6, 6.07) is 26.2. The third-order valence-electron chi connectivity index (χ3n) is 7.96. The molecule has 0 radical (unpaired) electrons. The fourth-order valence-electron chi connectivity index (χ4n) is 5.74. The average Bonchev–Trinajstić information content (AvgIpc) is 3.49. The molecule has 196 valence electrons. The van der Waals surface area contributed by atoms with Gasteiger partial charge in [0.15, 0.2) is 0 Å². The van der Waals surface area contributed by atoms with Crippen LogP contribution in [0.5, 0.6) is 0 Å². The lowest BCUT2D eigenvalue weighted by molar-refractivity contribution is -0.253. The van der Waals surface area contributed by atoms with Gasteiger partial charge in [-0.3, -0.25) is 10.2 Å². The van der Waals surface area contributed by atoms with Gasteiger partial charge in [-0.25, -0.2) is 4.89 Å². The van der Waals surface area contributed by atoms with Crippen LogP contribution in [0.4, 0.5) is 5.69 Å². The first-order valence-corrected chi connectivity index (χ1v) is 14.5. The van der Waals surface area contributed by atoms with E-state index in [9.17, 15) is 0 Å². The summed E-state index contributed by atoms with van der Waals surface area (Å²) in [5, 5.41) is 19.2. The van der Waals surface area contributed by atoms with E-state index in [1.807, 2.05) is 24.3 Å². The Labute approximate surface area is 228 Å². The SMILES string of the molecule is OOCc1ccc(-c2nnc(-c3ccc(-c4ccc(N5CCN(C6CCCCC6)CC5)cc4)cc3)s2)cc1. The summed E-state index contributed by atoms with van der Waals surface area (Å²) in [5.41, 5.74) is 6.73. The summed E-state index contributed by atoms with van der Waals surface area (Å²) in [6.07, 6.45) is 7.03. The van der Waals surface area contributed by atoms with Crippen LogP contribution in [0, 0.1) is 0 Å². The van der Waals surface area contributed by atoms with Crippen molar-refractivity contribution >= 4 is 17.0 Å². The van der Waals surface area contributed by atoms with Gasteiger partial charge in [0, 0.05) is 49.0 Å². The van der Waals surface area contributed by atoms with E-state index in [1.54, 1.807) is 11.3 Å². The molecule has 4 aromatic rings. The van der Waals surface area contributed by atoms with E-state index in [1.165, 1.54) is 62.0 Å². The highest BCUT2D eigenvalue weighted by Crippen LogP contribution is 2.32. The Kier molecular flexibility index (Phi) is 7.79. The van der Waals surface area contributed by atoms with Crippen molar-refractivity contribution in [3.8, 4) is 32.3 Å². The van der Waals surface area contributed by atoms with Crippen molar-refractivity contribution in [3.05, 3.63) is 78.4 Å². The predicted molar refractivity (Wildman–Crippen MR) is 154 cm³/mol. The van der Waals surface area contributed by atoms with Gasteiger partial charge in [-0.05, 0) is 41.7 Å². The van der Waals surface area contributed by atoms with Gasteiger partial charge < -0.3 is 4.90 Å². The van der Waals surface area contributed by atoms with Gasteiger partial charge in [-0.2, -0.15) is 0 Å². The molecule has 6 rings (SSSR count). The lowest BCUT2D eigenvalue weighted by atomic mass is 9.94. The third-order valence-corrected chi connectivity index (χ3v) is 8.98. The van der Waals surface area contributed by atoms with Gasteiger partial charge in [0.1, 0.15) is 16.6 Å². The molecule has 2 aliphatic rings. The number of benzene rings is 3. The van der Waals surface area contributed by atoms with Crippen LogP contribution < -0.4 is 4.90 Å². The third kappa shape index (κ3) is 5.66. The molecule has 0 atom stereocenters. The van der Waals surface area contributed by atoms with E-state index >= 15 is 0 Å². The van der Waals surface area contributed by atoms with Gasteiger partial charge in [0.05, 0.1) is 0 Å². The van der Waals surface area contributed by atoms with E-state index in [-0.39, 0.29) is 6.61 Å². The lowest BCUT2D eigenvalue weighted by Crippen LogP contribution is -2.50. The second kappa shape index (κ2) is 11.7. The minimum atomic E-state index is 0.175. The topological polar surface area (TPSA) is 61.7 Å². The van der Waals surface area contributed by atoms with Crippen LogP contribution in [-0.2, 0) is 11.5 Å². The Morgan fingerprint density at radius 2 is 1.21 bits per heavy atom. The number of piperazine rings is 1. The van der Waals surface area contributed by atoms with E-state index in [4.69, 9.17) is 5.26 Å². The van der Waals surface area contributed by atoms with Crippen molar-refractivity contribution in [3.63, 3.8) is 0 Å². The Balaban J connectivity index is 1.08. The molecule has 1 aliphatic heterocycles. The summed E-state index contributed by atoms with van der Waals surface area (Å²) < 4.78 is 0. The summed E-state index contributed by atoms with van der Waals surface area (Å²) >= 11 is 1.57. The average molecular weight is 527 g/mol. The molecule has 0 spiro atoms. The minimum absolute atomic E-state index is 0.175. The number of aromatic nitrogens is 2. The molecule has 2 fully saturated rings. The van der Waals surface area contributed by atoms with Crippen molar-refractivity contribution in [2.75, 3.05) is 31.1 Å². The fraction of sp³-hybridized carbons (Fsp3) is 0.355. The zero-order valence-electron chi connectivity index (χ0n) is 21.6. The molecule has 6 nitrogen and oxygen atoms in total. The minimum Gasteiger partial charge on any atom is -0.369 e. The smallest absolute Gasteiger partial charge is 0.148 e. The Bertz CT molecular complexity index is 1310. The van der Waals surface area contributed by atoms with Crippen LogP contribution in [-0.4, -0.2) is 52.6 Å². The zero-order valence-corrected chi connectivity index (χ0v) is 22.4. The van der Waals surface area contributed by atoms with Gasteiger partial charge in [-0.15, -0.1) is 10.2 Å². The molecule has 0 bridgehead atoms.